The van der Waals surface area contributed by atoms with Crippen molar-refractivity contribution in [2.45, 2.75) is 11.4 Å². The third kappa shape index (κ3) is 3.72. The zero-order valence-corrected chi connectivity index (χ0v) is 14.0. The number of rotatable bonds is 4. The number of para-hydroxylation sites is 1. The van der Waals surface area contributed by atoms with Crippen LogP contribution in [0, 0.1) is 10.1 Å². The molecule has 3 rings (SSSR count). The summed E-state index contributed by atoms with van der Waals surface area (Å²) in [5.74, 6) is -0.0546. The first-order valence-electron chi connectivity index (χ1n) is 7.41. The van der Waals surface area contributed by atoms with Crippen molar-refractivity contribution >= 4 is 23.3 Å². The van der Waals surface area contributed by atoms with Crippen molar-refractivity contribution in [2.24, 2.45) is 5.10 Å². The van der Waals surface area contributed by atoms with Gasteiger partial charge in [-0.2, -0.15) is 5.01 Å². The molecule has 0 spiro atoms. The van der Waals surface area contributed by atoms with E-state index in [4.69, 9.17) is 0 Å². The van der Waals surface area contributed by atoms with Crippen LogP contribution in [0.2, 0.25) is 0 Å². The Morgan fingerprint density at radius 2 is 2.12 bits per heavy atom. The molecule has 1 aromatic carbocycles. The molecule has 1 aliphatic heterocycles. The van der Waals surface area contributed by atoms with E-state index in [9.17, 15) is 10.1 Å². The highest BCUT2D eigenvalue weighted by Crippen LogP contribution is 2.30. The molecule has 0 saturated heterocycles. The van der Waals surface area contributed by atoms with E-state index < -0.39 is 4.92 Å². The van der Waals surface area contributed by atoms with Crippen molar-refractivity contribution in [1.29, 1.82) is 0 Å². The number of hydrazone groups is 1. The number of thioether (sulfide) groups is 1. The molecule has 0 saturated carbocycles. The minimum absolute atomic E-state index is 0.0546. The summed E-state index contributed by atoms with van der Waals surface area (Å²) in [7, 11) is 0. The number of anilines is 1. The monoisotopic (exact) mass is 343 g/mol. The molecule has 1 aliphatic rings. The number of aromatic nitrogens is 1. The van der Waals surface area contributed by atoms with Gasteiger partial charge in [0.15, 0.2) is 0 Å². The van der Waals surface area contributed by atoms with Crippen LogP contribution in [0.15, 0.2) is 58.8 Å². The van der Waals surface area contributed by atoms with E-state index in [1.165, 1.54) is 0 Å². The molecular weight excluding hydrogens is 326 g/mol. The fraction of sp³-hybridized carbons (Fsp3) is 0.250. The van der Waals surface area contributed by atoms with E-state index in [-0.39, 0.29) is 12.4 Å². The molecule has 1 aromatic heterocycles. The molecule has 0 unspecified atom stereocenters. The Bertz CT molecular complexity index is 753. The van der Waals surface area contributed by atoms with Crippen LogP contribution in [0.1, 0.15) is 5.56 Å². The topological polar surface area (TPSA) is 74.9 Å². The first-order valence-corrected chi connectivity index (χ1v) is 8.63. The van der Waals surface area contributed by atoms with E-state index in [2.05, 4.69) is 10.1 Å². The van der Waals surface area contributed by atoms with E-state index in [1.807, 2.05) is 47.6 Å². The number of benzene rings is 1. The van der Waals surface area contributed by atoms with Gasteiger partial charge in [-0.05, 0) is 34.9 Å². The van der Waals surface area contributed by atoms with Gasteiger partial charge in [0.2, 0.25) is 0 Å². The van der Waals surface area contributed by atoms with Crippen molar-refractivity contribution in [3.8, 4) is 0 Å². The third-order valence-corrected chi connectivity index (χ3v) is 4.42. The Morgan fingerprint density at radius 3 is 2.83 bits per heavy atom. The highest BCUT2D eigenvalue weighted by molar-refractivity contribution is 7.98. The Balaban J connectivity index is 1.88. The van der Waals surface area contributed by atoms with Crippen LogP contribution in [0.25, 0.3) is 0 Å². The van der Waals surface area contributed by atoms with Crippen LogP contribution in [0.5, 0.6) is 0 Å². The number of nitro groups is 1. The van der Waals surface area contributed by atoms with Gasteiger partial charge in [-0.1, -0.05) is 18.2 Å². The Labute approximate surface area is 144 Å². The summed E-state index contributed by atoms with van der Waals surface area (Å²) in [6.07, 6.45) is 5.47. The van der Waals surface area contributed by atoms with Crippen molar-refractivity contribution in [2.75, 3.05) is 24.5 Å². The maximum atomic E-state index is 11.3. The average molecular weight is 343 g/mol. The van der Waals surface area contributed by atoms with Crippen LogP contribution in [0.4, 0.5) is 5.69 Å². The first kappa shape index (κ1) is 16.4. The van der Waals surface area contributed by atoms with Crippen LogP contribution in [0.3, 0.4) is 0 Å². The molecule has 24 heavy (non-hydrogen) atoms. The summed E-state index contributed by atoms with van der Waals surface area (Å²) in [6.45, 7) is 1.28. The molecular formula is C16H17N5O2S. The molecule has 0 radical (unpaired) electrons. The summed E-state index contributed by atoms with van der Waals surface area (Å²) < 4.78 is 0. The molecule has 7 nitrogen and oxygen atoms in total. The second-order valence-electron chi connectivity index (χ2n) is 5.33. The van der Waals surface area contributed by atoms with E-state index in [1.54, 1.807) is 29.2 Å². The predicted molar refractivity (Wildman–Crippen MR) is 94.6 cm³/mol. The quantitative estimate of drug-likeness (QED) is 0.483. The Morgan fingerprint density at radius 1 is 1.29 bits per heavy atom. The van der Waals surface area contributed by atoms with Gasteiger partial charge in [0, 0.05) is 23.8 Å². The van der Waals surface area contributed by atoms with Gasteiger partial charge in [0.1, 0.15) is 13.2 Å². The molecule has 8 heteroatoms. The lowest BCUT2D eigenvalue weighted by Gasteiger charge is -2.29. The fourth-order valence-corrected chi connectivity index (χ4v) is 3.16. The normalized spacial score (nSPS) is 15.2. The lowest BCUT2D eigenvalue weighted by molar-refractivity contribution is -0.354. The number of pyridine rings is 1. The second-order valence-corrected chi connectivity index (χ2v) is 6.18. The minimum Gasteiger partial charge on any atom is -0.358 e. The number of amidine groups is 1. The molecule has 124 valence electrons. The van der Waals surface area contributed by atoms with Crippen LogP contribution >= 0.6 is 11.8 Å². The lowest BCUT2D eigenvalue weighted by Crippen LogP contribution is -2.45. The van der Waals surface area contributed by atoms with E-state index in [0.29, 0.717) is 13.2 Å². The molecule has 0 N–H and O–H groups in total. The largest absolute Gasteiger partial charge is 0.378 e. The summed E-state index contributed by atoms with van der Waals surface area (Å²) >= 11 is 1.59. The standard InChI is InChI=1S/C16H17N5O2S/c1-24-15-7-3-2-6-14(15)20-12-19(11-16(18-20)21(22)23)10-13-5-4-8-17-9-13/h2-9H,10-12H2,1H3. The third-order valence-electron chi connectivity index (χ3n) is 3.64. The van der Waals surface area contributed by atoms with Crippen molar-refractivity contribution in [3.63, 3.8) is 0 Å². The van der Waals surface area contributed by atoms with Crippen LogP contribution < -0.4 is 5.01 Å². The molecule has 0 aliphatic carbocycles. The van der Waals surface area contributed by atoms with E-state index in [0.717, 1.165) is 16.1 Å². The van der Waals surface area contributed by atoms with Crippen molar-refractivity contribution < 1.29 is 4.92 Å². The van der Waals surface area contributed by atoms with Gasteiger partial charge >= 0.3 is 5.84 Å². The van der Waals surface area contributed by atoms with Gasteiger partial charge < -0.3 is 10.1 Å². The number of nitrogens with zero attached hydrogens (tertiary/aromatic N) is 5. The summed E-state index contributed by atoms with van der Waals surface area (Å²) in [4.78, 5) is 18.0. The molecule has 0 atom stereocenters. The number of hydrogen-bond acceptors (Lipinski definition) is 7. The van der Waals surface area contributed by atoms with Crippen LogP contribution in [-0.2, 0) is 6.54 Å². The van der Waals surface area contributed by atoms with Gasteiger partial charge in [-0.15, -0.1) is 11.8 Å². The van der Waals surface area contributed by atoms with Gasteiger partial charge in [-0.3, -0.25) is 9.88 Å². The fourth-order valence-electron chi connectivity index (χ4n) is 2.57. The Hall–Kier alpha value is -2.45. The highest BCUT2D eigenvalue weighted by Gasteiger charge is 2.30. The first-order chi connectivity index (χ1) is 11.7. The summed E-state index contributed by atoms with van der Waals surface area (Å²) in [6, 6.07) is 11.6. The van der Waals surface area contributed by atoms with Gasteiger partial charge in [0.05, 0.1) is 10.8 Å². The average Bonchev–Trinajstić information content (AvgIpc) is 2.62. The van der Waals surface area contributed by atoms with E-state index >= 15 is 0 Å². The molecule has 2 heterocycles. The van der Waals surface area contributed by atoms with Gasteiger partial charge in [-0.25, -0.2) is 0 Å². The van der Waals surface area contributed by atoms with Crippen molar-refractivity contribution in [1.82, 2.24) is 9.88 Å². The molecule has 0 fully saturated rings. The smallest absolute Gasteiger partial charge is 0.358 e. The zero-order chi connectivity index (χ0) is 16.9. The molecule has 2 aromatic rings. The number of hydrogen-bond donors (Lipinski definition) is 0. The lowest BCUT2D eigenvalue weighted by atomic mass is 10.2. The maximum absolute atomic E-state index is 11.3. The van der Waals surface area contributed by atoms with Crippen LogP contribution in [-0.4, -0.2) is 40.1 Å². The van der Waals surface area contributed by atoms with Crippen molar-refractivity contribution in [3.05, 3.63) is 64.5 Å². The predicted octanol–water partition coefficient (Wildman–Crippen LogP) is 2.67. The summed E-state index contributed by atoms with van der Waals surface area (Å²) in [5, 5.41) is 17.2. The Kier molecular flexibility index (Phi) is 5.07. The molecule has 0 bridgehead atoms. The van der Waals surface area contributed by atoms with Gasteiger partial charge in [0.25, 0.3) is 0 Å². The zero-order valence-electron chi connectivity index (χ0n) is 13.2. The second kappa shape index (κ2) is 7.41. The summed E-state index contributed by atoms with van der Waals surface area (Å²) in [5.41, 5.74) is 1.89. The minimum atomic E-state index is -0.413. The molecule has 0 amide bonds. The highest BCUT2D eigenvalue weighted by atomic mass is 32.2. The SMILES string of the molecule is CSc1ccccc1N1CN(Cc2cccnc2)CC([N+](=O)[O-])=N1. The maximum Gasteiger partial charge on any atom is 0.378 e.